The summed E-state index contributed by atoms with van der Waals surface area (Å²) in [6.07, 6.45) is 0. The summed E-state index contributed by atoms with van der Waals surface area (Å²) >= 11 is 0. The lowest BCUT2D eigenvalue weighted by Crippen LogP contribution is -2.13. The lowest BCUT2D eigenvalue weighted by Gasteiger charge is -1.96. The molecule has 0 spiro atoms. The maximum absolute atomic E-state index is 12.5. The van der Waals surface area contributed by atoms with Crippen LogP contribution in [0.2, 0.25) is 0 Å². The molecule has 0 saturated heterocycles. The summed E-state index contributed by atoms with van der Waals surface area (Å²) in [7, 11) is 0. The molecule has 3 nitrogen and oxygen atoms in total. The number of ketones is 1. The monoisotopic (exact) mass is 186 g/mol. The molecule has 13 heavy (non-hydrogen) atoms. The van der Waals surface area contributed by atoms with Gasteiger partial charge in [0, 0.05) is 11.6 Å². The second-order valence-corrected chi connectivity index (χ2v) is 2.29. The molecule has 0 aliphatic heterocycles. The van der Waals surface area contributed by atoms with Crippen molar-refractivity contribution in [3.63, 3.8) is 0 Å². The molecule has 0 aromatic heterocycles. The summed E-state index contributed by atoms with van der Waals surface area (Å²) in [5.74, 6) is -5.04. The fourth-order valence-corrected chi connectivity index (χ4v) is 0.808. The van der Waals surface area contributed by atoms with Crippen molar-refractivity contribution in [2.24, 2.45) is 0 Å². The number of Topliss-reactive ketones (excluding diaryl/α,β-unsaturated/α-hetero) is 1. The third-order valence-electron chi connectivity index (χ3n) is 1.32. The number of carboxylic acids is 1. The normalized spacial score (nSPS) is 9.69. The third kappa shape index (κ3) is 2.08. The maximum atomic E-state index is 12.5. The third-order valence-corrected chi connectivity index (χ3v) is 1.32. The Morgan fingerprint density at radius 2 is 1.54 bits per heavy atom. The maximum Gasteiger partial charge on any atom is 0.377 e. The summed E-state index contributed by atoms with van der Waals surface area (Å²) in [4.78, 5) is 20.8. The minimum Gasteiger partial charge on any atom is -0.475 e. The Kier molecular flexibility index (Phi) is 2.36. The minimum absolute atomic E-state index is 0.509. The van der Waals surface area contributed by atoms with E-state index in [4.69, 9.17) is 5.11 Å². The van der Waals surface area contributed by atoms with Crippen molar-refractivity contribution in [2.75, 3.05) is 0 Å². The molecule has 1 rings (SSSR count). The van der Waals surface area contributed by atoms with Crippen LogP contribution in [0.1, 0.15) is 10.4 Å². The Bertz CT molecular complexity index is 353. The van der Waals surface area contributed by atoms with Crippen molar-refractivity contribution in [1.82, 2.24) is 0 Å². The van der Waals surface area contributed by atoms with Gasteiger partial charge >= 0.3 is 5.97 Å². The van der Waals surface area contributed by atoms with Gasteiger partial charge in [-0.05, 0) is 12.1 Å². The predicted octanol–water partition coefficient (Wildman–Crippen LogP) is 1.23. The number of benzene rings is 1. The molecule has 5 heteroatoms. The molecule has 1 aromatic carbocycles. The number of halogens is 2. The van der Waals surface area contributed by atoms with Crippen LogP contribution in [0.4, 0.5) is 8.78 Å². The molecule has 0 fully saturated rings. The van der Waals surface area contributed by atoms with E-state index in [1.807, 2.05) is 0 Å². The van der Waals surface area contributed by atoms with Gasteiger partial charge in [-0.15, -0.1) is 0 Å². The van der Waals surface area contributed by atoms with Crippen LogP contribution in [0, 0.1) is 11.6 Å². The van der Waals surface area contributed by atoms with Gasteiger partial charge in [0.1, 0.15) is 11.6 Å². The Hall–Kier alpha value is -1.78. The smallest absolute Gasteiger partial charge is 0.377 e. The molecule has 0 atom stereocenters. The first kappa shape index (κ1) is 9.31. The lowest BCUT2D eigenvalue weighted by atomic mass is 10.1. The van der Waals surface area contributed by atoms with Crippen LogP contribution in [0.25, 0.3) is 0 Å². The summed E-state index contributed by atoms with van der Waals surface area (Å²) in [5.41, 5.74) is -0.509. The van der Waals surface area contributed by atoms with E-state index < -0.39 is 29.0 Å². The van der Waals surface area contributed by atoms with Gasteiger partial charge in [0.2, 0.25) is 0 Å². The predicted molar refractivity (Wildman–Crippen MR) is 38.3 cm³/mol. The number of carboxylic acid groups (broad SMARTS) is 1. The average molecular weight is 186 g/mol. The Labute approximate surface area is 71.6 Å². The van der Waals surface area contributed by atoms with E-state index in [0.29, 0.717) is 18.2 Å². The van der Waals surface area contributed by atoms with E-state index in [1.54, 1.807) is 0 Å². The van der Waals surface area contributed by atoms with Crippen molar-refractivity contribution in [3.05, 3.63) is 35.4 Å². The van der Waals surface area contributed by atoms with Crippen molar-refractivity contribution in [1.29, 1.82) is 0 Å². The quantitative estimate of drug-likeness (QED) is 0.558. The van der Waals surface area contributed by atoms with Gasteiger partial charge in [-0.3, -0.25) is 4.79 Å². The molecule has 0 aliphatic carbocycles. The minimum atomic E-state index is -1.75. The number of hydrogen-bond acceptors (Lipinski definition) is 2. The van der Waals surface area contributed by atoms with Gasteiger partial charge in [-0.2, -0.15) is 0 Å². The number of carbonyl (C=O) groups is 2. The van der Waals surface area contributed by atoms with Gasteiger partial charge in [-0.1, -0.05) is 0 Å². The first-order chi connectivity index (χ1) is 6.00. The van der Waals surface area contributed by atoms with Crippen molar-refractivity contribution < 1.29 is 23.5 Å². The fourth-order valence-electron chi connectivity index (χ4n) is 0.808. The number of rotatable bonds is 2. The van der Waals surface area contributed by atoms with E-state index in [9.17, 15) is 18.4 Å². The highest BCUT2D eigenvalue weighted by Gasteiger charge is 2.15. The number of hydrogen-bond donors (Lipinski definition) is 1. The zero-order valence-corrected chi connectivity index (χ0v) is 6.25. The number of aliphatic carboxylic acids is 1. The molecule has 0 heterocycles. The highest BCUT2D eigenvalue weighted by Crippen LogP contribution is 2.08. The molecule has 0 amide bonds. The molecule has 0 saturated carbocycles. The van der Waals surface area contributed by atoms with Crippen LogP contribution < -0.4 is 0 Å². The SMILES string of the molecule is O=C(O)C(=O)c1cc(F)cc(F)c1. The molecular formula is C8H4F2O3. The van der Waals surface area contributed by atoms with Crippen molar-refractivity contribution in [3.8, 4) is 0 Å². The van der Waals surface area contributed by atoms with Crippen molar-refractivity contribution >= 4 is 11.8 Å². The largest absolute Gasteiger partial charge is 0.475 e. The Morgan fingerprint density at radius 3 is 1.92 bits per heavy atom. The van der Waals surface area contributed by atoms with Gasteiger partial charge < -0.3 is 5.11 Å². The van der Waals surface area contributed by atoms with Crippen molar-refractivity contribution in [2.45, 2.75) is 0 Å². The van der Waals surface area contributed by atoms with Gasteiger partial charge in [-0.25, -0.2) is 13.6 Å². The zero-order chi connectivity index (χ0) is 10.0. The topological polar surface area (TPSA) is 54.4 Å². The molecule has 1 aromatic rings. The average Bonchev–Trinajstić information content (AvgIpc) is 2.01. The van der Waals surface area contributed by atoms with Crippen LogP contribution in [-0.4, -0.2) is 16.9 Å². The van der Waals surface area contributed by atoms with Crippen LogP contribution in [0.3, 0.4) is 0 Å². The van der Waals surface area contributed by atoms with E-state index in [-0.39, 0.29) is 0 Å². The van der Waals surface area contributed by atoms with Gasteiger partial charge in [0.15, 0.2) is 0 Å². The Balaban J connectivity index is 3.15. The first-order valence-corrected chi connectivity index (χ1v) is 3.24. The van der Waals surface area contributed by atoms with E-state index in [0.717, 1.165) is 0 Å². The second kappa shape index (κ2) is 3.30. The lowest BCUT2D eigenvalue weighted by molar-refractivity contribution is -0.131. The highest BCUT2D eigenvalue weighted by atomic mass is 19.1. The Morgan fingerprint density at radius 1 is 1.08 bits per heavy atom. The van der Waals surface area contributed by atoms with Crippen LogP contribution in [0.5, 0.6) is 0 Å². The van der Waals surface area contributed by atoms with Crippen LogP contribution >= 0.6 is 0 Å². The van der Waals surface area contributed by atoms with Gasteiger partial charge in [0.25, 0.3) is 5.78 Å². The molecule has 0 bridgehead atoms. The zero-order valence-electron chi connectivity index (χ0n) is 6.25. The van der Waals surface area contributed by atoms with Gasteiger partial charge in [0.05, 0.1) is 0 Å². The van der Waals surface area contributed by atoms with Crippen LogP contribution in [0.15, 0.2) is 18.2 Å². The van der Waals surface area contributed by atoms with E-state index in [1.165, 1.54) is 0 Å². The standard InChI is InChI=1S/C8H4F2O3/c9-5-1-4(2-6(10)3-5)7(11)8(12)13/h1-3H,(H,12,13). The number of carbonyl (C=O) groups excluding carboxylic acids is 1. The van der Waals surface area contributed by atoms with E-state index >= 15 is 0 Å². The molecule has 0 radical (unpaired) electrons. The second-order valence-electron chi connectivity index (χ2n) is 2.29. The van der Waals surface area contributed by atoms with Crippen LogP contribution in [-0.2, 0) is 4.79 Å². The molecule has 1 N–H and O–H groups in total. The molecule has 68 valence electrons. The molecular weight excluding hydrogens is 182 g/mol. The summed E-state index contributed by atoms with van der Waals surface area (Å²) in [6, 6.07) is 1.89. The highest BCUT2D eigenvalue weighted by molar-refractivity contribution is 6.39. The summed E-state index contributed by atoms with van der Waals surface area (Å²) in [5, 5.41) is 8.22. The summed E-state index contributed by atoms with van der Waals surface area (Å²) in [6.45, 7) is 0. The fraction of sp³-hybridized carbons (Fsp3) is 0. The summed E-state index contributed by atoms with van der Waals surface area (Å²) < 4.78 is 24.9. The molecule has 0 unspecified atom stereocenters. The van der Waals surface area contributed by atoms with E-state index in [2.05, 4.69) is 0 Å². The first-order valence-electron chi connectivity index (χ1n) is 3.24. The molecule has 0 aliphatic rings.